The molecule has 9 rings (SSSR count). The lowest BCUT2D eigenvalue weighted by atomic mass is 9.35. The molecular weight excluding hydrogens is 504 g/mol. The van der Waals surface area contributed by atoms with E-state index in [1.807, 2.05) is 6.07 Å². The molecule has 5 aliphatic carbocycles. The largest absolute Gasteiger partial charge is 0.504 e. The van der Waals surface area contributed by atoms with E-state index in [0.29, 0.717) is 29.5 Å². The number of hydrogen-bond acceptors (Lipinski definition) is 6. The molecule has 2 spiro atoms. The Hall–Kier alpha value is -2.90. The van der Waals surface area contributed by atoms with Crippen LogP contribution in [0, 0.1) is 17.3 Å². The highest BCUT2D eigenvalue weighted by Crippen LogP contribution is 2.76. The molecule has 0 aromatic heterocycles. The molecule has 7 heteroatoms. The maximum Gasteiger partial charge on any atom is 0.252 e. The van der Waals surface area contributed by atoms with Gasteiger partial charge in [-0.3, -0.25) is 14.5 Å². The second-order valence-corrected chi connectivity index (χ2v) is 13.4. The van der Waals surface area contributed by atoms with E-state index in [2.05, 4.69) is 16.3 Å². The molecule has 7 aliphatic rings. The molecule has 1 amide bonds. The van der Waals surface area contributed by atoms with Crippen molar-refractivity contribution in [2.24, 2.45) is 17.3 Å². The zero-order chi connectivity index (χ0) is 27.4. The Labute approximate surface area is 235 Å². The van der Waals surface area contributed by atoms with Crippen LogP contribution < -0.4 is 10.1 Å². The minimum absolute atomic E-state index is 0.00379. The minimum Gasteiger partial charge on any atom is -0.504 e. The number of phenolic OH excluding ortho intramolecular Hbond substituents is 1. The van der Waals surface area contributed by atoms with Crippen molar-refractivity contribution in [1.29, 1.82) is 0 Å². The van der Waals surface area contributed by atoms with Crippen LogP contribution in [0.1, 0.15) is 77.3 Å². The van der Waals surface area contributed by atoms with Crippen LogP contribution in [0.2, 0.25) is 0 Å². The second-order valence-electron chi connectivity index (χ2n) is 13.4. The van der Waals surface area contributed by atoms with E-state index in [0.717, 1.165) is 44.6 Å². The number of nitrogens with one attached hydrogen (secondary N) is 1. The number of nitrogens with zero attached hydrogens (tertiary/aromatic N) is 1. The van der Waals surface area contributed by atoms with Crippen molar-refractivity contribution in [2.75, 3.05) is 26.7 Å². The summed E-state index contributed by atoms with van der Waals surface area (Å²) in [4.78, 5) is 28.4. The number of likely N-dealkylation sites (tertiary alicyclic amines) is 1. The highest BCUT2D eigenvalue weighted by atomic mass is 16.6. The smallest absolute Gasteiger partial charge is 0.252 e. The van der Waals surface area contributed by atoms with Crippen molar-refractivity contribution in [3.63, 3.8) is 0 Å². The number of rotatable bonds is 7. The predicted octanol–water partition coefficient (Wildman–Crippen LogP) is 4.25. The summed E-state index contributed by atoms with van der Waals surface area (Å²) in [5.41, 5.74) is 2.69. The van der Waals surface area contributed by atoms with Gasteiger partial charge in [0, 0.05) is 54.1 Å². The van der Waals surface area contributed by atoms with Crippen molar-refractivity contribution in [1.82, 2.24) is 10.2 Å². The van der Waals surface area contributed by atoms with Crippen LogP contribution in [-0.2, 0) is 16.6 Å². The number of phenols is 1. The van der Waals surface area contributed by atoms with Crippen molar-refractivity contribution >= 4 is 11.7 Å². The lowest BCUT2D eigenvalue weighted by Crippen LogP contribution is -2.81. The molecule has 7 nitrogen and oxygen atoms in total. The molecular formula is C33H38N2O5. The van der Waals surface area contributed by atoms with Crippen LogP contribution in [0.15, 0.2) is 36.4 Å². The molecule has 0 radical (unpaired) electrons. The third kappa shape index (κ3) is 2.98. The molecule has 6 atom stereocenters. The van der Waals surface area contributed by atoms with Gasteiger partial charge in [-0.25, -0.2) is 0 Å². The van der Waals surface area contributed by atoms with Crippen LogP contribution in [0.25, 0.3) is 0 Å². The normalized spacial score (nSPS) is 36.6. The van der Waals surface area contributed by atoms with Gasteiger partial charge < -0.3 is 19.9 Å². The van der Waals surface area contributed by atoms with Crippen LogP contribution in [0.5, 0.6) is 11.5 Å². The van der Waals surface area contributed by atoms with Crippen molar-refractivity contribution < 1.29 is 24.2 Å². The average Bonchev–Trinajstić information content (AvgIpc) is 3.71. The van der Waals surface area contributed by atoms with Gasteiger partial charge in [0.1, 0.15) is 11.7 Å². The van der Waals surface area contributed by atoms with E-state index in [4.69, 9.17) is 9.47 Å². The number of carbonyl (C=O) groups is 2. The number of ketones is 1. The topological polar surface area (TPSA) is 88.1 Å². The number of aromatic hydroxyl groups is 1. The molecule has 2 aromatic rings. The predicted molar refractivity (Wildman–Crippen MR) is 149 cm³/mol. The molecule has 2 N–H and O–H groups in total. The number of Topliss-reactive ketones (excluding diaryl/α,β-unsaturated/α-hetero) is 1. The Morgan fingerprint density at radius 2 is 1.93 bits per heavy atom. The van der Waals surface area contributed by atoms with Crippen LogP contribution in [-0.4, -0.2) is 66.2 Å². The van der Waals surface area contributed by atoms with E-state index in [-0.39, 0.29) is 40.3 Å². The van der Waals surface area contributed by atoms with E-state index in [1.165, 1.54) is 37.4 Å². The monoisotopic (exact) mass is 542 g/mol. The fourth-order valence-electron chi connectivity index (χ4n) is 10.1. The molecule has 4 saturated carbocycles. The summed E-state index contributed by atoms with van der Waals surface area (Å²) in [6, 6.07) is 11.4. The van der Waals surface area contributed by atoms with Gasteiger partial charge in [0.2, 0.25) is 0 Å². The maximum absolute atomic E-state index is 13.4. The summed E-state index contributed by atoms with van der Waals surface area (Å²) in [7, 11) is 1.80. The molecule has 2 aromatic carbocycles. The number of amides is 1. The van der Waals surface area contributed by atoms with E-state index in [9.17, 15) is 14.7 Å². The number of methoxy groups -OCH3 is 1. The summed E-state index contributed by atoms with van der Waals surface area (Å²) in [6.45, 7) is 4.19. The molecule has 2 aliphatic heterocycles. The zero-order valence-corrected chi connectivity index (χ0v) is 23.4. The van der Waals surface area contributed by atoms with Gasteiger partial charge in [-0.1, -0.05) is 24.3 Å². The molecule has 4 bridgehead atoms. The molecule has 1 saturated heterocycles. The number of benzene rings is 2. The van der Waals surface area contributed by atoms with Crippen molar-refractivity contribution in [3.05, 3.63) is 58.7 Å². The van der Waals surface area contributed by atoms with Gasteiger partial charge in [0.05, 0.1) is 5.56 Å². The minimum atomic E-state index is -0.571. The SMILES string of the molecule is COC12CC[C@@]3(CC1CNC(=O)c1ccccc1C(C)=O)[C@H]1Cc4ccc(O)c5c4[C@@]3(CCN1CC1CC1)C2O5. The Morgan fingerprint density at radius 3 is 2.67 bits per heavy atom. The first-order valence-corrected chi connectivity index (χ1v) is 15.0. The summed E-state index contributed by atoms with van der Waals surface area (Å²) in [6.07, 6.45) is 7.37. The Bertz CT molecular complexity index is 1440. The molecule has 3 unspecified atom stereocenters. The number of carbonyl (C=O) groups excluding carboxylic acids is 2. The Morgan fingerprint density at radius 1 is 1.12 bits per heavy atom. The third-order valence-corrected chi connectivity index (χ3v) is 11.9. The number of hydrogen-bond donors (Lipinski definition) is 2. The summed E-state index contributed by atoms with van der Waals surface area (Å²) >= 11 is 0. The average molecular weight is 543 g/mol. The van der Waals surface area contributed by atoms with Crippen LogP contribution in [0.3, 0.4) is 0 Å². The van der Waals surface area contributed by atoms with E-state index < -0.39 is 5.60 Å². The maximum atomic E-state index is 13.4. The first-order valence-electron chi connectivity index (χ1n) is 15.0. The zero-order valence-electron chi connectivity index (χ0n) is 23.4. The van der Waals surface area contributed by atoms with E-state index in [1.54, 1.807) is 31.4 Å². The number of piperidine rings is 1. The fraction of sp³-hybridized carbons (Fsp3) is 0.576. The van der Waals surface area contributed by atoms with Gasteiger partial charge in [-0.05, 0) is 82.0 Å². The standard InChI is InChI=1S/C33H38N2O5/c1-19(36)23-5-3-4-6-24(23)29(38)34-17-22-16-31-11-12-33(22,39-2)30-32(31)13-14-35(18-20-7-8-20)26(31)15-21-9-10-25(37)28(40-30)27(21)32/h3-6,9-10,20,22,26,30,37H,7-8,11-18H2,1-2H3,(H,34,38)/t22?,26-,30?,31-,32+,33?/m1/s1. The molecule has 40 heavy (non-hydrogen) atoms. The van der Waals surface area contributed by atoms with Crippen LogP contribution >= 0.6 is 0 Å². The molecule has 210 valence electrons. The summed E-state index contributed by atoms with van der Waals surface area (Å²) in [5.74, 6) is 1.44. The lowest BCUT2D eigenvalue weighted by molar-refractivity contribution is -0.275. The van der Waals surface area contributed by atoms with E-state index >= 15 is 0 Å². The van der Waals surface area contributed by atoms with Crippen molar-refractivity contribution in [2.45, 2.75) is 75.0 Å². The highest BCUT2D eigenvalue weighted by molar-refractivity contribution is 6.07. The molecule has 5 fully saturated rings. The van der Waals surface area contributed by atoms with Crippen molar-refractivity contribution in [3.8, 4) is 11.5 Å². The molecule has 2 heterocycles. The fourth-order valence-corrected chi connectivity index (χ4v) is 10.1. The third-order valence-electron chi connectivity index (χ3n) is 11.9. The number of ether oxygens (including phenoxy) is 2. The van der Waals surface area contributed by atoms with Gasteiger partial charge in [0.25, 0.3) is 5.91 Å². The van der Waals surface area contributed by atoms with Gasteiger partial charge in [0.15, 0.2) is 17.3 Å². The second kappa shape index (κ2) is 8.32. The quantitative estimate of drug-likeness (QED) is 0.509. The highest BCUT2D eigenvalue weighted by Gasteiger charge is 2.80. The Balaban J connectivity index is 1.20. The first-order chi connectivity index (χ1) is 19.3. The Kier molecular flexibility index (Phi) is 5.17. The number of fused-ring (bicyclic) bond motifs is 2. The van der Waals surface area contributed by atoms with Crippen LogP contribution in [0.4, 0.5) is 0 Å². The summed E-state index contributed by atoms with van der Waals surface area (Å²) < 4.78 is 13.4. The van der Waals surface area contributed by atoms with Gasteiger partial charge >= 0.3 is 0 Å². The lowest BCUT2D eigenvalue weighted by Gasteiger charge is -2.74. The van der Waals surface area contributed by atoms with Gasteiger partial charge in [-0.2, -0.15) is 0 Å². The van der Waals surface area contributed by atoms with Gasteiger partial charge in [-0.15, -0.1) is 0 Å². The summed E-state index contributed by atoms with van der Waals surface area (Å²) in [5, 5.41) is 14.2. The first kappa shape index (κ1) is 24.9.